The van der Waals surface area contributed by atoms with Gasteiger partial charge in [0.1, 0.15) is 12.2 Å². The van der Waals surface area contributed by atoms with Crippen molar-refractivity contribution in [3.63, 3.8) is 0 Å². The SMILES string of the molecule is COC(=O)NCCCCC(Nc1c([N+](=O)[O-])cccc1[N+](=O)[O-])OOCc1c([N+](=O)[O-])cccc1[N+](=O)[O-]. The number of hydrogen-bond donors (Lipinski definition) is 2. The van der Waals surface area contributed by atoms with Gasteiger partial charge in [0, 0.05) is 30.8 Å². The molecule has 0 aliphatic carbocycles. The topological polar surface area (TPSA) is 241 Å². The second-order valence-electron chi connectivity index (χ2n) is 7.38. The van der Waals surface area contributed by atoms with Crippen LogP contribution in [-0.2, 0) is 21.1 Å². The van der Waals surface area contributed by atoms with Crippen molar-refractivity contribution in [3.8, 4) is 0 Å². The monoisotopic (exact) mass is 538 g/mol. The lowest BCUT2D eigenvalue weighted by molar-refractivity contribution is -0.399. The zero-order valence-corrected chi connectivity index (χ0v) is 19.8. The number of unbranched alkanes of at least 4 members (excludes halogenated alkanes) is 1. The van der Waals surface area contributed by atoms with Crippen LogP contribution in [0.15, 0.2) is 36.4 Å². The maximum Gasteiger partial charge on any atom is 0.406 e. The van der Waals surface area contributed by atoms with Crippen molar-refractivity contribution in [1.82, 2.24) is 5.32 Å². The van der Waals surface area contributed by atoms with E-state index in [-0.39, 0.29) is 13.0 Å². The largest absolute Gasteiger partial charge is 0.453 e. The number of nitrogens with zero attached hydrogens (tertiary/aromatic N) is 4. The van der Waals surface area contributed by atoms with Crippen molar-refractivity contribution < 1.29 is 39.0 Å². The molecule has 2 N–H and O–H groups in total. The molecule has 0 heterocycles. The van der Waals surface area contributed by atoms with Crippen LogP contribution in [0.1, 0.15) is 24.8 Å². The Hall–Kier alpha value is -4.97. The van der Waals surface area contributed by atoms with E-state index < -0.39 is 72.6 Å². The van der Waals surface area contributed by atoms with Crippen LogP contribution in [0.3, 0.4) is 0 Å². The first kappa shape index (κ1) is 29.3. The van der Waals surface area contributed by atoms with E-state index in [0.717, 1.165) is 36.4 Å². The Morgan fingerprint density at radius 2 is 1.34 bits per heavy atom. The highest BCUT2D eigenvalue weighted by molar-refractivity contribution is 5.73. The lowest BCUT2D eigenvalue weighted by atomic mass is 10.1. The standard InChI is InChI=1S/C20H22N6O12/c1-36-20(27)21-11-3-2-10-18(22-19-16(25(32)33)8-5-9-17(19)26(34)35)38-37-12-13-14(23(28)29)6-4-7-15(13)24(30)31/h4-9,18,22H,2-3,10-12H2,1H3,(H,21,27). The number of nitrogens with one attached hydrogen (secondary N) is 2. The Labute approximate surface area is 213 Å². The number of carbonyl (C=O) groups excluding carboxylic acids is 1. The Balaban J connectivity index is 2.26. The molecule has 0 spiro atoms. The molecular weight excluding hydrogens is 516 g/mol. The van der Waals surface area contributed by atoms with E-state index in [0.29, 0.717) is 12.8 Å². The minimum atomic E-state index is -1.28. The molecule has 1 atom stereocenters. The van der Waals surface area contributed by atoms with E-state index >= 15 is 0 Å². The predicted octanol–water partition coefficient (Wildman–Crippen LogP) is 3.73. The molecule has 0 saturated heterocycles. The maximum atomic E-state index is 11.5. The second kappa shape index (κ2) is 13.9. The predicted molar refractivity (Wildman–Crippen MR) is 127 cm³/mol. The van der Waals surface area contributed by atoms with Gasteiger partial charge in [-0.1, -0.05) is 0 Å². The fourth-order valence-electron chi connectivity index (χ4n) is 3.23. The number of benzene rings is 2. The number of hydrogen-bond acceptors (Lipinski definition) is 13. The summed E-state index contributed by atoms with van der Waals surface area (Å²) in [4.78, 5) is 63.6. The lowest BCUT2D eigenvalue weighted by Crippen LogP contribution is -2.26. The Bertz CT molecular complexity index is 1140. The smallest absolute Gasteiger partial charge is 0.406 e. The van der Waals surface area contributed by atoms with Gasteiger partial charge in [-0.15, -0.1) is 0 Å². The Morgan fingerprint density at radius 1 is 0.842 bits per heavy atom. The van der Waals surface area contributed by atoms with E-state index in [1.165, 1.54) is 7.11 Å². The number of nitro groups is 4. The summed E-state index contributed by atoms with van der Waals surface area (Å²) in [6, 6.07) is 6.38. The summed E-state index contributed by atoms with van der Waals surface area (Å²) in [6.45, 7) is -0.567. The average Bonchev–Trinajstić information content (AvgIpc) is 2.87. The van der Waals surface area contributed by atoms with Crippen LogP contribution in [0, 0.1) is 40.5 Å². The van der Waals surface area contributed by atoms with Gasteiger partial charge in [-0.05, 0) is 31.4 Å². The molecule has 1 amide bonds. The summed E-state index contributed by atoms with van der Waals surface area (Å²) in [5.74, 6) is 0. The first-order valence-corrected chi connectivity index (χ1v) is 10.8. The molecule has 2 rings (SSSR count). The molecule has 0 saturated carbocycles. The minimum absolute atomic E-state index is 0.0189. The molecule has 2 aromatic rings. The fourth-order valence-corrected chi connectivity index (χ4v) is 3.23. The molecular formula is C20H22N6O12. The summed E-state index contributed by atoms with van der Waals surface area (Å²) in [5, 5.41) is 50.5. The van der Waals surface area contributed by atoms with Crippen LogP contribution >= 0.6 is 0 Å². The first-order valence-electron chi connectivity index (χ1n) is 10.8. The van der Waals surface area contributed by atoms with Gasteiger partial charge in [0.05, 0.1) is 26.8 Å². The van der Waals surface area contributed by atoms with Crippen molar-refractivity contribution in [2.75, 3.05) is 19.0 Å². The van der Waals surface area contributed by atoms with E-state index in [1.54, 1.807) is 0 Å². The summed E-state index contributed by atoms with van der Waals surface area (Å²) >= 11 is 0. The number of anilines is 1. The third-order valence-electron chi connectivity index (χ3n) is 4.97. The molecule has 0 aromatic heterocycles. The summed E-state index contributed by atoms with van der Waals surface area (Å²) in [6.07, 6.45) is -1.27. The molecule has 0 fully saturated rings. The van der Waals surface area contributed by atoms with E-state index in [2.05, 4.69) is 15.4 Å². The van der Waals surface area contributed by atoms with Gasteiger partial charge in [-0.2, -0.15) is 0 Å². The molecule has 204 valence electrons. The van der Waals surface area contributed by atoms with Crippen molar-refractivity contribution >= 4 is 34.5 Å². The van der Waals surface area contributed by atoms with Crippen LogP contribution in [0.2, 0.25) is 0 Å². The number of carbonyl (C=O) groups is 1. The van der Waals surface area contributed by atoms with Crippen LogP contribution in [0.25, 0.3) is 0 Å². The van der Waals surface area contributed by atoms with Gasteiger partial charge in [-0.3, -0.25) is 40.5 Å². The molecule has 18 heteroatoms. The van der Waals surface area contributed by atoms with Gasteiger partial charge < -0.3 is 15.4 Å². The normalized spacial score (nSPS) is 11.3. The first-order chi connectivity index (χ1) is 18.1. The molecule has 0 bridgehead atoms. The minimum Gasteiger partial charge on any atom is -0.453 e. The number of rotatable bonds is 15. The van der Waals surface area contributed by atoms with Crippen molar-refractivity contribution in [2.24, 2.45) is 0 Å². The van der Waals surface area contributed by atoms with Crippen LogP contribution in [0.4, 0.5) is 33.2 Å². The van der Waals surface area contributed by atoms with Gasteiger partial charge >= 0.3 is 6.09 Å². The average molecular weight is 538 g/mol. The van der Waals surface area contributed by atoms with Gasteiger partial charge in [0.25, 0.3) is 22.7 Å². The Kier molecular flexibility index (Phi) is 10.7. The molecule has 18 nitrogen and oxygen atoms in total. The van der Waals surface area contributed by atoms with Crippen LogP contribution < -0.4 is 10.6 Å². The Morgan fingerprint density at radius 3 is 1.82 bits per heavy atom. The summed E-state index contributed by atoms with van der Waals surface area (Å²) in [5.41, 5.74) is -3.35. The second-order valence-corrected chi connectivity index (χ2v) is 7.38. The number of alkyl carbamates (subject to hydrolysis) is 1. The number of para-hydroxylation sites is 1. The van der Waals surface area contributed by atoms with Crippen LogP contribution in [0.5, 0.6) is 0 Å². The quantitative estimate of drug-likeness (QED) is 0.108. The number of amides is 1. The van der Waals surface area contributed by atoms with Gasteiger partial charge in [-0.25, -0.2) is 14.6 Å². The molecule has 0 aliphatic rings. The molecule has 38 heavy (non-hydrogen) atoms. The third-order valence-corrected chi connectivity index (χ3v) is 4.97. The molecule has 2 aromatic carbocycles. The van der Waals surface area contributed by atoms with E-state index in [1.807, 2.05) is 0 Å². The summed E-state index contributed by atoms with van der Waals surface area (Å²) in [7, 11) is 1.18. The van der Waals surface area contributed by atoms with Gasteiger partial charge in [0.15, 0.2) is 11.9 Å². The lowest BCUT2D eigenvalue weighted by Gasteiger charge is -2.19. The third kappa shape index (κ3) is 8.03. The number of methoxy groups -OCH3 is 1. The van der Waals surface area contributed by atoms with Crippen LogP contribution in [-0.4, -0.2) is 45.7 Å². The molecule has 0 aliphatic heterocycles. The van der Waals surface area contributed by atoms with Gasteiger partial charge in [0.2, 0.25) is 0 Å². The summed E-state index contributed by atoms with van der Waals surface area (Å²) < 4.78 is 4.45. The highest BCUT2D eigenvalue weighted by Crippen LogP contribution is 2.35. The van der Waals surface area contributed by atoms with E-state index in [4.69, 9.17) is 9.78 Å². The zero-order valence-electron chi connectivity index (χ0n) is 19.8. The van der Waals surface area contributed by atoms with Crippen molar-refractivity contribution in [2.45, 2.75) is 32.1 Å². The molecule has 0 radical (unpaired) electrons. The number of nitro benzene ring substituents is 4. The maximum absolute atomic E-state index is 11.5. The number of ether oxygens (including phenoxy) is 1. The van der Waals surface area contributed by atoms with Crippen molar-refractivity contribution in [3.05, 3.63) is 82.4 Å². The highest BCUT2D eigenvalue weighted by atomic mass is 17.2. The highest BCUT2D eigenvalue weighted by Gasteiger charge is 2.29. The molecule has 1 unspecified atom stereocenters. The van der Waals surface area contributed by atoms with Crippen molar-refractivity contribution in [1.29, 1.82) is 0 Å². The fraction of sp³-hybridized carbons (Fsp3) is 0.350. The zero-order chi connectivity index (χ0) is 28.2. The van der Waals surface area contributed by atoms with E-state index in [9.17, 15) is 45.3 Å².